The third-order valence-corrected chi connectivity index (χ3v) is 6.16. The van der Waals surface area contributed by atoms with Gasteiger partial charge in [0.25, 0.3) is 0 Å². The summed E-state index contributed by atoms with van der Waals surface area (Å²) in [4.78, 5) is 14.7. The maximum Gasteiger partial charge on any atom is 0.225 e. The SMILES string of the molecule is CNc1ccc(CN2CCC(c3cc(C)nc(N4CCCCC4)n3)CC2)cc1. The Balaban J connectivity index is 1.37. The van der Waals surface area contributed by atoms with Crippen LogP contribution in [0.15, 0.2) is 30.3 Å². The first-order valence-corrected chi connectivity index (χ1v) is 10.8. The van der Waals surface area contributed by atoms with E-state index in [0.717, 1.165) is 44.4 Å². The van der Waals surface area contributed by atoms with Crippen LogP contribution in [0.5, 0.6) is 0 Å². The second kappa shape index (κ2) is 8.91. The van der Waals surface area contributed by atoms with Crippen molar-refractivity contribution in [1.82, 2.24) is 14.9 Å². The van der Waals surface area contributed by atoms with Gasteiger partial charge in [-0.25, -0.2) is 9.97 Å². The van der Waals surface area contributed by atoms with Gasteiger partial charge in [-0.2, -0.15) is 0 Å². The van der Waals surface area contributed by atoms with E-state index in [-0.39, 0.29) is 0 Å². The van der Waals surface area contributed by atoms with Crippen LogP contribution in [-0.2, 0) is 6.54 Å². The Morgan fingerprint density at radius 2 is 1.68 bits per heavy atom. The zero-order chi connectivity index (χ0) is 19.3. The monoisotopic (exact) mass is 379 g/mol. The molecule has 0 saturated carbocycles. The van der Waals surface area contributed by atoms with E-state index in [0.29, 0.717) is 5.92 Å². The van der Waals surface area contributed by atoms with Crippen LogP contribution < -0.4 is 10.2 Å². The fraction of sp³-hybridized carbons (Fsp3) is 0.565. The van der Waals surface area contributed by atoms with Crippen molar-refractivity contribution >= 4 is 11.6 Å². The van der Waals surface area contributed by atoms with Crippen LogP contribution in [0.25, 0.3) is 0 Å². The molecular formula is C23H33N5. The van der Waals surface area contributed by atoms with Crippen molar-refractivity contribution < 1.29 is 0 Å². The highest BCUT2D eigenvalue weighted by Gasteiger charge is 2.23. The van der Waals surface area contributed by atoms with Gasteiger partial charge >= 0.3 is 0 Å². The van der Waals surface area contributed by atoms with E-state index in [1.54, 1.807) is 0 Å². The molecule has 28 heavy (non-hydrogen) atoms. The molecule has 0 spiro atoms. The standard InChI is InChI=1S/C23H33N5/c1-18-16-22(26-23(25-18)28-12-4-3-5-13-28)20-10-14-27(15-11-20)17-19-6-8-21(24-2)9-7-19/h6-9,16,20,24H,3-5,10-15,17H2,1-2H3. The Morgan fingerprint density at radius 3 is 2.36 bits per heavy atom. The Morgan fingerprint density at radius 1 is 0.964 bits per heavy atom. The number of likely N-dealkylation sites (tertiary alicyclic amines) is 1. The first-order valence-electron chi connectivity index (χ1n) is 10.8. The molecule has 1 aromatic carbocycles. The highest BCUT2D eigenvalue weighted by Crippen LogP contribution is 2.29. The van der Waals surface area contributed by atoms with Crippen molar-refractivity contribution in [2.45, 2.75) is 51.5 Å². The summed E-state index contributed by atoms with van der Waals surface area (Å²) in [6.45, 7) is 7.64. The highest BCUT2D eigenvalue weighted by atomic mass is 15.3. The lowest BCUT2D eigenvalue weighted by molar-refractivity contribution is 0.203. The number of hydrogen-bond donors (Lipinski definition) is 1. The molecule has 5 heteroatoms. The second-order valence-corrected chi connectivity index (χ2v) is 8.28. The van der Waals surface area contributed by atoms with Crippen LogP contribution in [0.2, 0.25) is 0 Å². The van der Waals surface area contributed by atoms with E-state index in [9.17, 15) is 0 Å². The fourth-order valence-electron chi connectivity index (χ4n) is 4.44. The van der Waals surface area contributed by atoms with Gasteiger partial charge in [0.1, 0.15) is 0 Å². The van der Waals surface area contributed by atoms with Crippen molar-refractivity contribution in [3.05, 3.63) is 47.3 Å². The third-order valence-electron chi connectivity index (χ3n) is 6.16. The lowest BCUT2D eigenvalue weighted by atomic mass is 9.92. The van der Waals surface area contributed by atoms with Crippen LogP contribution in [0, 0.1) is 6.92 Å². The van der Waals surface area contributed by atoms with E-state index in [1.165, 1.54) is 49.0 Å². The van der Waals surface area contributed by atoms with Crippen LogP contribution in [0.3, 0.4) is 0 Å². The molecule has 2 aliphatic heterocycles. The molecule has 0 aliphatic carbocycles. The number of aromatic nitrogens is 2. The topological polar surface area (TPSA) is 44.3 Å². The van der Waals surface area contributed by atoms with Crippen LogP contribution >= 0.6 is 0 Å². The molecule has 0 bridgehead atoms. The predicted molar refractivity (Wildman–Crippen MR) is 116 cm³/mol. The van der Waals surface area contributed by atoms with Gasteiger partial charge in [-0.15, -0.1) is 0 Å². The molecule has 1 N–H and O–H groups in total. The van der Waals surface area contributed by atoms with E-state index >= 15 is 0 Å². The summed E-state index contributed by atoms with van der Waals surface area (Å²) in [5, 5.41) is 3.19. The van der Waals surface area contributed by atoms with Crippen molar-refractivity contribution in [3.63, 3.8) is 0 Å². The van der Waals surface area contributed by atoms with Crippen molar-refractivity contribution in [2.75, 3.05) is 43.4 Å². The largest absolute Gasteiger partial charge is 0.388 e. The average molecular weight is 380 g/mol. The Labute approximate surface area is 169 Å². The summed E-state index contributed by atoms with van der Waals surface area (Å²) in [5.74, 6) is 1.52. The molecule has 1 aromatic heterocycles. The van der Waals surface area contributed by atoms with Crippen molar-refractivity contribution in [2.24, 2.45) is 0 Å². The number of nitrogens with zero attached hydrogens (tertiary/aromatic N) is 4. The van der Waals surface area contributed by atoms with E-state index < -0.39 is 0 Å². The number of anilines is 2. The first kappa shape index (κ1) is 19.2. The molecule has 2 aromatic rings. The lowest BCUT2D eigenvalue weighted by Gasteiger charge is -2.32. The molecule has 2 aliphatic rings. The number of hydrogen-bond acceptors (Lipinski definition) is 5. The summed E-state index contributed by atoms with van der Waals surface area (Å²) < 4.78 is 0. The van der Waals surface area contributed by atoms with Crippen LogP contribution in [-0.4, -0.2) is 48.1 Å². The van der Waals surface area contributed by atoms with Gasteiger partial charge in [-0.1, -0.05) is 12.1 Å². The van der Waals surface area contributed by atoms with Crippen LogP contribution in [0.4, 0.5) is 11.6 Å². The van der Waals surface area contributed by atoms with Crippen molar-refractivity contribution in [1.29, 1.82) is 0 Å². The summed E-state index contributed by atoms with van der Waals surface area (Å²) in [5.41, 5.74) is 4.93. The summed E-state index contributed by atoms with van der Waals surface area (Å²) in [6, 6.07) is 11.0. The summed E-state index contributed by atoms with van der Waals surface area (Å²) >= 11 is 0. The number of benzene rings is 1. The minimum atomic E-state index is 0.563. The molecule has 0 unspecified atom stereocenters. The van der Waals surface area contributed by atoms with Gasteiger partial charge in [0.15, 0.2) is 0 Å². The highest BCUT2D eigenvalue weighted by molar-refractivity contribution is 5.43. The van der Waals surface area contributed by atoms with E-state index in [4.69, 9.17) is 9.97 Å². The second-order valence-electron chi connectivity index (χ2n) is 8.28. The number of piperidine rings is 2. The van der Waals surface area contributed by atoms with E-state index in [2.05, 4.69) is 52.4 Å². The maximum absolute atomic E-state index is 5.00. The molecule has 2 fully saturated rings. The van der Waals surface area contributed by atoms with Crippen molar-refractivity contribution in [3.8, 4) is 0 Å². The van der Waals surface area contributed by atoms with Gasteiger partial charge in [-0.05, 0) is 75.9 Å². The van der Waals surface area contributed by atoms with Crippen LogP contribution in [0.1, 0.15) is 55.0 Å². The summed E-state index contributed by atoms with van der Waals surface area (Å²) in [7, 11) is 1.96. The van der Waals surface area contributed by atoms with Gasteiger partial charge in [0.05, 0.1) is 0 Å². The molecule has 0 radical (unpaired) electrons. The molecule has 2 saturated heterocycles. The molecule has 4 rings (SSSR count). The lowest BCUT2D eigenvalue weighted by Crippen LogP contribution is -2.34. The quantitative estimate of drug-likeness (QED) is 0.844. The normalized spacial score (nSPS) is 19.0. The molecule has 150 valence electrons. The molecule has 3 heterocycles. The summed E-state index contributed by atoms with van der Waals surface area (Å²) in [6.07, 6.45) is 6.24. The number of aryl methyl sites for hydroxylation is 1. The fourth-order valence-corrected chi connectivity index (χ4v) is 4.44. The van der Waals surface area contributed by atoms with Gasteiger partial charge in [0.2, 0.25) is 5.95 Å². The van der Waals surface area contributed by atoms with Gasteiger partial charge < -0.3 is 10.2 Å². The Bertz CT molecular complexity index is 759. The predicted octanol–water partition coefficient (Wildman–Crippen LogP) is 4.20. The third kappa shape index (κ3) is 4.64. The van der Waals surface area contributed by atoms with Gasteiger partial charge in [-0.3, -0.25) is 4.90 Å². The van der Waals surface area contributed by atoms with Gasteiger partial charge in [0, 0.05) is 49.7 Å². The molecular weight excluding hydrogens is 346 g/mol. The Kier molecular flexibility index (Phi) is 6.10. The average Bonchev–Trinajstić information content (AvgIpc) is 2.75. The zero-order valence-corrected chi connectivity index (χ0v) is 17.3. The first-order chi connectivity index (χ1) is 13.7. The zero-order valence-electron chi connectivity index (χ0n) is 17.3. The maximum atomic E-state index is 5.00. The minimum Gasteiger partial charge on any atom is -0.388 e. The van der Waals surface area contributed by atoms with E-state index in [1.807, 2.05) is 7.05 Å². The Hall–Kier alpha value is -2.14. The molecule has 0 amide bonds. The molecule has 5 nitrogen and oxygen atoms in total. The molecule has 0 atom stereocenters. The smallest absolute Gasteiger partial charge is 0.225 e. The minimum absolute atomic E-state index is 0.563. The number of nitrogens with one attached hydrogen (secondary N) is 1. The number of rotatable bonds is 5.